The molecule has 5 atom stereocenters. The Morgan fingerprint density at radius 2 is 2.19 bits per heavy atom. The maximum atomic E-state index is 15.6. The van der Waals surface area contributed by atoms with Crippen LogP contribution in [0.1, 0.15) is 31.9 Å². The van der Waals surface area contributed by atoms with Gasteiger partial charge in [0, 0.05) is 18.3 Å². The first-order valence-corrected chi connectivity index (χ1v) is 11.4. The van der Waals surface area contributed by atoms with E-state index < -0.39 is 48.5 Å². The number of aromatic amines is 1. The zero-order valence-corrected chi connectivity index (χ0v) is 16.0. The Hall–Kier alpha value is -0.970. The van der Waals surface area contributed by atoms with Gasteiger partial charge >= 0.3 is 13.4 Å². The molecule has 1 aliphatic carbocycles. The van der Waals surface area contributed by atoms with E-state index in [0.29, 0.717) is 6.42 Å². The molecule has 2 N–H and O–H groups in total. The molecule has 27 heavy (non-hydrogen) atoms. The molecule has 4 fully saturated rings. The number of ether oxygens (including phenoxy) is 1. The van der Waals surface area contributed by atoms with Gasteiger partial charge in [0.15, 0.2) is 6.23 Å². The summed E-state index contributed by atoms with van der Waals surface area (Å²) >= 11 is 1.41. The van der Waals surface area contributed by atoms with E-state index in [1.54, 1.807) is 0 Å². The Morgan fingerprint density at radius 1 is 1.41 bits per heavy atom. The summed E-state index contributed by atoms with van der Waals surface area (Å²) in [6.45, 7) is -0.550. The van der Waals surface area contributed by atoms with Gasteiger partial charge in [-0.05, 0) is 25.0 Å². The topological polar surface area (TPSA) is 112 Å². The third kappa shape index (κ3) is 2.71. The maximum absolute atomic E-state index is 15.6. The molecule has 0 unspecified atom stereocenters. The predicted molar refractivity (Wildman–Crippen MR) is 94.3 cm³/mol. The van der Waals surface area contributed by atoms with Crippen molar-refractivity contribution in [3.05, 3.63) is 33.1 Å². The van der Waals surface area contributed by atoms with E-state index in [-0.39, 0.29) is 6.04 Å². The first-order chi connectivity index (χ1) is 12.8. The van der Waals surface area contributed by atoms with E-state index in [2.05, 4.69) is 10.1 Å². The second kappa shape index (κ2) is 6.01. The van der Waals surface area contributed by atoms with Crippen molar-refractivity contribution in [2.24, 2.45) is 0 Å². The molecule has 0 amide bonds. The molecule has 4 aliphatic rings. The van der Waals surface area contributed by atoms with Gasteiger partial charge in [-0.2, -0.15) is 0 Å². The zero-order chi connectivity index (χ0) is 18.9. The number of alkyl halides is 1. The third-order valence-electron chi connectivity index (χ3n) is 5.65. The lowest BCUT2D eigenvalue weighted by atomic mass is 9.93. The number of aromatic nitrogens is 2. The van der Waals surface area contributed by atoms with Gasteiger partial charge in [-0.25, -0.2) is 18.8 Å². The SMILES string of the molecule is O=c1ccn([C@@H]2O[C@]3(F)CO[P@](=O)(NC4CCC4)O[C@H]3[C@]23CCS3)c(=O)[nH]1. The number of nitrogens with zero attached hydrogens (tertiary/aromatic N) is 1. The monoisotopic (exact) mass is 419 g/mol. The number of halogens is 1. The van der Waals surface area contributed by atoms with Crippen LogP contribution in [0.4, 0.5) is 4.39 Å². The van der Waals surface area contributed by atoms with Crippen LogP contribution in [0.5, 0.6) is 0 Å². The van der Waals surface area contributed by atoms with Gasteiger partial charge in [-0.1, -0.05) is 6.42 Å². The summed E-state index contributed by atoms with van der Waals surface area (Å²) in [4.78, 5) is 25.8. The molecule has 1 spiro atoms. The Balaban J connectivity index is 1.50. The molecular weight excluding hydrogens is 400 g/mol. The highest BCUT2D eigenvalue weighted by molar-refractivity contribution is 8.02. The van der Waals surface area contributed by atoms with Gasteiger partial charge in [0.1, 0.15) is 12.7 Å². The highest BCUT2D eigenvalue weighted by Crippen LogP contribution is 2.67. The minimum absolute atomic E-state index is 0.0351. The Bertz CT molecular complexity index is 931. The normalized spacial score (nSPS) is 43.9. The molecular formula is C15H19FN3O6PS. The molecule has 0 bridgehead atoms. The minimum Gasteiger partial charge on any atom is -0.316 e. The van der Waals surface area contributed by atoms with Crippen LogP contribution in [0.25, 0.3) is 0 Å². The number of fused-ring (bicyclic) bond motifs is 2. The number of H-pyrrole nitrogens is 1. The summed E-state index contributed by atoms with van der Waals surface area (Å²) in [6.07, 6.45) is 2.42. The lowest BCUT2D eigenvalue weighted by molar-refractivity contribution is -0.215. The molecule has 5 rings (SSSR count). The van der Waals surface area contributed by atoms with Crippen LogP contribution >= 0.6 is 19.5 Å². The van der Waals surface area contributed by atoms with Crippen molar-refractivity contribution in [3.63, 3.8) is 0 Å². The number of hydrogen-bond donors (Lipinski definition) is 2. The summed E-state index contributed by atoms with van der Waals surface area (Å²) in [5.74, 6) is -1.60. The highest BCUT2D eigenvalue weighted by atomic mass is 32.2. The lowest BCUT2D eigenvalue weighted by Gasteiger charge is -2.47. The van der Waals surface area contributed by atoms with Crippen LogP contribution < -0.4 is 16.3 Å². The van der Waals surface area contributed by atoms with E-state index in [1.165, 1.54) is 24.0 Å². The van der Waals surface area contributed by atoms with E-state index in [0.717, 1.165) is 29.6 Å². The number of thioether (sulfide) groups is 1. The molecule has 3 aliphatic heterocycles. The average Bonchev–Trinajstić information content (AvgIpc) is 2.80. The summed E-state index contributed by atoms with van der Waals surface area (Å²) < 4.78 is 45.4. The molecule has 1 saturated carbocycles. The van der Waals surface area contributed by atoms with Crippen LogP contribution in [0, 0.1) is 0 Å². The second-order valence-corrected chi connectivity index (χ2v) is 10.5. The van der Waals surface area contributed by atoms with Gasteiger partial charge in [-0.3, -0.25) is 23.4 Å². The van der Waals surface area contributed by atoms with Crippen LogP contribution in [-0.4, -0.2) is 44.7 Å². The molecule has 148 valence electrons. The van der Waals surface area contributed by atoms with Crippen LogP contribution in [0.15, 0.2) is 21.9 Å². The molecule has 0 aromatic carbocycles. The molecule has 0 radical (unpaired) electrons. The van der Waals surface area contributed by atoms with E-state index >= 15 is 4.39 Å². The van der Waals surface area contributed by atoms with Crippen LogP contribution in [0.2, 0.25) is 0 Å². The van der Waals surface area contributed by atoms with Crippen molar-refractivity contribution >= 4 is 19.5 Å². The zero-order valence-electron chi connectivity index (χ0n) is 14.3. The summed E-state index contributed by atoms with van der Waals surface area (Å²) in [6, 6.07) is 1.21. The van der Waals surface area contributed by atoms with Gasteiger partial charge in [0.05, 0.1) is 4.75 Å². The number of nitrogens with one attached hydrogen (secondary N) is 2. The maximum Gasteiger partial charge on any atom is 0.406 e. The van der Waals surface area contributed by atoms with Gasteiger partial charge < -0.3 is 4.74 Å². The lowest BCUT2D eigenvalue weighted by Crippen LogP contribution is -2.57. The Morgan fingerprint density at radius 3 is 2.78 bits per heavy atom. The van der Waals surface area contributed by atoms with Gasteiger partial charge in [-0.15, -0.1) is 11.8 Å². The molecule has 4 heterocycles. The fraction of sp³-hybridized carbons (Fsp3) is 0.733. The summed E-state index contributed by atoms with van der Waals surface area (Å²) in [5, 5.41) is 2.88. The van der Waals surface area contributed by atoms with Crippen molar-refractivity contribution in [1.82, 2.24) is 14.6 Å². The van der Waals surface area contributed by atoms with Crippen molar-refractivity contribution in [2.45, 2.75) is 54.7 Å². The fourth-order valence-corrected chi connectivity index (χ4v) is 7.23. The molecule has 1 aromatic rings. The average molecular weight is 419 g/mol. The van der Waals surface area contributed by atoms with Gasteiger partial charge in [0.25, 0.3) is 11.4 Å². The van der Waals surface area contributed by atoms with Gasteiger partial charge in [0.2, 0.25) is 0 Å². The van der Waals surface area contributed by atoms with E-state index in [9.17, 15) is 14.2 Å². The minimum atomic E-state index is -3.67. The third-order valence-corrected chi connectivity index (χ3v) is 8.85. The first-order valence-electron chi connectivity index (χ1n) is 8.87. The molecule has 9 nitrogen and oxygen atoms in total. The van der Waals surface area contributed by atoms with Crippen molar-refractivity contribution in [2.75, 3.05) is 12.4 Å². The van der Waals surface area contributed by atoms with E-state index in [4.69, 9.17) is 13.8 Å². The van der Waals surface area contributed by atoms with Crippen molar-refractivity contribution in [1.29, 1.82) is 0 Å². The Kier molecular flexibility index (Phi) is 4.03. The largest absolute Gasteiger partial charge is 0.406 e. The quantitative estimate of drug-likeness (QED) is 0.705. The van der Waals surface area contributed by atoms with Crippen LogP contribution in [-0.2, 0) is 18.3 Å². The second-order valence-electron chi connectivity index (χ2n) is 7.34. The summed E-state index contributed by atoms with van der Waals surface area (Å²) in [7, 11) is -3.67. The number of hydrogen-bond acceptors (Lipinski definition) is 7. The Labute approximate surface area is 157 Å². The smallest absolute Gasteiger partial charge is 0.316 e. The molecule has 12 heteroatoms. The van der Waals surface area contributed by atoms with Crippen LogP contribution in [0.3, 0.4) is 0 Å². The summed E-state index contributed by atoms with van der Waals surface area (Å²) in [5.41, 5.74) is -1.25. The molecule has 1 aromatic heterocycles. The van der Waals surface area contributed by atoms with Crippen molar-refractivity contribution < 1.29 is 22.7 Å². The molecule has 3 saturated heterocycles. The first kappa shape index (κ1) is 18.1. The highest BCUT2D eigenvalue weighted by Gasteiger charge is 2.73. The van der Waals surface area contributed by atoms with E-state index in [1.807, 2.05) is 0 Å². The standard InChI is InChI=1S/C15H19FN3O6PS/c16-15-8-23-26(22,18-9-2-1-3-9)25-11(15)14(5-7-27-14)12(24-15)19-6-4-10(20)17-13(19)21/h4,6,9,11-12H,1-3,5,7-8H2,(H,18,22)(H,17,20,21)/t11-,12+,14+,15+,26+/m0/s1. The van der Waals surface area contributed by atoms with Crippen molar-refractivity contribution in [3.8, 4) is 0 Å². The predicted octanol–water partition coefficient (Wildman–Crippen LogP) is 1.27. The number of rotatable bonds is 3. The fourth-order valence-electron chi connectivity index (χ4n) is 3.93.